The number of tetrazole rings is 1. The molecule has 6 nitrogen and oxygen atoms in total. The van der Waals surface area contributed by atoms with Crippen LogP contribution in [0.3, 0.4) is 0 Å². The summed E-state index contributed by atoms with van der Waals surface area (Å²) in [6.45, 7) is 5.86. The molecule has 0 aliphatic heterocycles. The Morgan fingerprint density at radius 2 is 1.96 bits per heavy atom. The number of hydrogen-bond acceptors (Lipinski definition) is 5. The van der Waals surface area contributed by atoms with Gasteiger partial charge in [0.15, 0.2) is 0 Å². The van der Waals surface area contributed by atoms with Gasteiger partial charge in [0, 0.05) is 0 Å². The van der Waals surface area contributed by atoms with Crippen LogP contribution in [0.4, 0.5) is 5.69 Å². The molecule has 0 spiro atoms. The summed E-state index contributed by atoms with van der Waals surface area (Å²) in [4.78, 5) is 12.5. The molecule has 2 aromatic carbocycles. The van der Waals surface area contributed by atoms with Crippen molar-refractivity contribution >= 4 is 35.0 Å². The van der Waals surface area contributed by atoms with Gasteiger partial charge in [-0.2, -0.15) is 4.68 Å². The van der Waals surface area contributed by atoms with Crippen LogP contribution in [0, 0.1) is 13.8 Å². The SMILES string of the molecule is Cc1cccc(-n2nnnc2SC(C)C(=O)Nc2ccccc2Cl)c1C. The summed E-state index contributed by atoms with van der Waals surface area (Å²) in [5.41, 5.74) is 3.73. The van der Waals surface area contributed by atoms with E-state index in [0.29, 0.717) is 15.9 Å². The van der Waals surface area contributed by atoms with Gasteiger partial charge in [-0.15, -0.1) is 5.10 Å². The first kappa shape index (κ1) is 18.4. The number of carbonyl (C=O) groups is 1. The maximum Gasteiger partial charge on any atom is 0.237 e. The Labute approximate surface area is 160 Å². The highest BCUT2D eigenvalue weighted by atomic mass is 35.5. The van der Waals surface area contributed by atoms with E-state index >= 15 is 0 Å². The molecule has 0 bridgehead atoms. The standard InChI is InChI=1S/C18H18ClN5OS/c1-11-7-6-10-16(12(11)2)24-18(21-22-23-24)26-13(3)17(25)20-15-9-5-4-8-14(15)19/h4-10,13H,1-3H3,(H,20,25). The maximum atomic E-state index is 12.5. The summed E-state index contributed by atoms with van der Waals surface area (Å²) in [5, 5.41) is 15.4. The molecule has 1 amide bonds. The molecule has 0 saturated carbocycles. The van der Waals surface area contributed by atoms with Gasteiger partial charge in [-0.25, -0.2) is 0 Å². The molecule has 1 N–H and O–H groups in total. The second-order valence-corrected chi connectivity index (χ2v) is 7.54. The highest BCUT2D eigenvalue weighted by molar-refractivity contribution is 8.00. The first-order chi connectivity index (χ1) is 12.5. The lowest BCUT2D eigenvalue weighted by Crippen LogP contribution is -2.23. The molecular formula is C18H18ClN5OS. The van der Waals surface area contributed by atoms with Crippen molar-refractivity contribution in [2.24, 2.45) is 0 Å². The van der Waals surface area contributed by atoms with Gasteiger partial charge in [0.25, 0.3) is 0 Å². The van der Waals surface area contributed by atoms with E-state index in [1.807, 2.05) is 44.2 Å². The Morgan fingerprint density at radius 1 is 1.19 bits per heavy atom. The van der Waals surface area contributed by atoms with Crippen LogP contribution < -0.4 is 5.32 Å². The van der Waals surface area contributed by atoms with Crippen LogP contribution in [0.5, 0.6) is 0 Å². The molecule has 26 heavy (non-hydrogen) atoms. The lowest BCUT2D eigenvalue weighted by Gasteiger charge is -2.13. The number of anilines is 1. The van der Waals surface area contributed by atoms with E-state index < -0.39 is 5.25 Å². The molecule has 0 aliphatic rings. The van der Waals surface area contributed by atoms with Crippen molar-refractivity contribution in [3.63, 3.8) is 0 Å². The normalized spacial score (nSPS) is 12.0. The molecule has 3 rings (SSSR count). The summed E-state index contributed by atoms with van der Waals surface area (Å²) in [7, 11) is 0. The zero-order valence-corrected chi connectivity index (χ0v) is 16.2. The molecule has 134 valence electrons. The van der Waals surface area contributed by atoms with E-state index in [2.05, 4.69) is 20.8 Å². The predicted octanol–water partition coefficient (Wildman–Crippen LogP) is 4.05. The third kappa shape index (κ3) is 3.89. The minimum atomic E-state index is -0.402. The van der Waals surface area contributed by atoms with Crippen molar-refractivity contribution in [1.29, 1.82) is 0 Å². The molecule has 0 radical (unpaired) electrons. The largest absolute Gasteiger partial charge is 0.324 e. The number of nitrogens with one attached hydrogen (secondary N) is 1. The predicted molar refractivity (Wildman–Crippen MR) is 104 cm³/mol. The van der Waals surface area contributed by atoms with Crippen LogP contribution in [-0.2, 0) is 4.79 Å². The van der Waals surface area contributed by atoms with Gasteiger partial charge >= 0.3 is 0 Å². The molecule has 1 unspecified atom stereocenters. The van der Waals surface area contributed by atoms with Gasteiger partial charge in [0.1, 0.15) is 0 Å². The van der Waals surface area contributed by atoms with Crippen LogP contribution in [0.25, 0.3) is 5.69 Å². The molecule has 1 heterocycles. The average Bonchev–Trinajstić information content (AvgIpc) is 3.07. The van der Waals surface area contributed by atoms with Gasteiger partial charge in [-0.05, 0) is 60.5 Å². The summed E-state index contributed by atoms with van der Waals surface area (Å²) >= 11 is 7.39. The number of rotatable bonds is 5. The van der Waals surface area contributed by atoms with Gasteiger partial charge < -0.3 is 5.32 Å². The number of hydrogen-bond donors (Lipinski definition) is 1. The topological polar surface area (TPSA) is 72.7 Å². The fourth-order valence-electron chi connectivity index (χ4n) is 2.38. The summed E-state index contributed by atoms with van der Waals surface area (Å²) in [6, 6.07) is 13.1. The second-order valence-electron chi connectivity index (χ2n) is 5.82. The highest BCUT2D eigenvalue weighted by Crippen LogP contribution is 2.27. The molecule has 8 heteroatoms. The zero-order chi connectivity index (χ0) is 18.7. The molecule has 1 atom stereocenters. The minimum absolute atomic E-state index is 0.168. The van der Waals surface area contributed by atoms with E-state index in [4.69, 9.17) is 11.6 Å². The van der Waals surface area contributed by atoms with E-state index in [1.165, 1.54) is 11.8 Å². The summed E-state index contributed by atoms with van der Waals surface area (Å²) in [5.74, 6) is -0.168. The summed E-state index contributed by atoms with van der Waals surface area (Å²) < 4.78 is 1.66. The van der Waals surface area contributed by atoms with Crippen molar-refractivity contribution in [2.75, 3.05) is 5.32 Å². The van der Waals surface area contributed by atoms with Gasteiger partial charge in [0.2, 0.25) is 11.1 Å². The monoisotopic (exact) mass is 387 g/mol. The lowest BCUT2D eigenvalue weighted by molar-refractivity contribution is -0.115. The molecule has 0 saturated heterocycles. The number of halogens is 1. The smallest absolute Gasteiger partial charge is 0.237 e. The maximum absolute atomic E-state index is 12.5. The zero-order valence-electron chi connectivity index (χ0n) is 14.6. The molecular weight excluding hydrogens is 370 g/mol. The van der Waals surface area contributed by atoms with E-state index in [9.17, 15) is 4.79 Å². The number of carbonyl (C=O) groups excluding carboxylic acids is 1. The van der Waals surface area contributed by atoms with Crippen LogP contribution in [0.15, 0.2) is 47.6 Å². The van der Waals surface area contributed by atoms with E-state index in [1.54, 1.807) is 23.7 Å². The number of nitrogens with zero attached hydrogens (tertiary/aromatic N) is 4. The van der Waals surface area contributed by atoms with Crippen LogP contribution >= 0.6 is 23.4 Å². The van der Waals surface area contributed by atoms with Crippen molar-refractivity contribution in [3.8, 4) is 5.69 Å². The molecule has 3 aromatic rings. The van der Waals surface area contributed by atoms with E-state index in [-0.39, 0.29) is 5.91 Å². The lowest BCUT2D eigenvalue weighted by atomic mass is 10.1. The third-order valence-corrected chi connectivity index (χ3v) is 5.39. The number of thioether (sulfide) groups is 1. The van der Waals surface area contributed by atoms with Crippen molar-refractivity contribution in [3.05, 3.63) is 58.6 Å². The Hall–Kier alpha value is -2.38. The second kappa shape index (κ2) is 7.88. The van der Waals surface area contributed by atoms with Gasteiger partial charge in [-0.3, -0.25) is 4.79 Å². The van der Waals surface area contributed by atoms with Crippen LogP contribution in [0.1, 0.15) is 18.1 Å². The summed E-state index contributed by atoms with van der Waals surface area (Å²) in [6.07, 6.45) is 0. The fraction of sp³-hybridized carbons (Fsp3) is 0.222. The van der Waals surface area contributed by atoms with Crippen molar-refractivity contribution < 1.29 is 4.79 Å². The third-order valence-electron chi connectivity index (χ3n) is 4.03. The van der Waals surface area contributed by atoms with Gasteiger partial charge in [-0.1, -0.05) is 47.6 Å². The van der Waals surface area contributed by atoms with Crippen molar-refractivity contribution in [2.45, 2.75) is 31.2 Å². The Morgan fingerprint density at radius 3 is 2.73 bits per heavy atom. The number of amides is 1. The Kier molecular flexibility index (Phi) is 5.58. The van der Waals surface area contributed by atoms with E-state index in [0.717, 1.165) is 16.8 Å². The molecule has 0 aliphatic carbocycles. The number of para-hydroxylation sites is 1. The average molecular weight is 388 g/mol. The highest BCUT2D eigenvalue weighted by Gasteiger charge is 2.20. The fourth-order valence-corrected chi connectivity index (χ4v) is 3.36. The van der Waals surface area contributed by atoms with Crippen LogP contribution in [0.2, 0.25) is 5.02 Å². The Bertz CT molecular complexity index is 943. The molecule has 0 fully saturated rings. The quantitative estimate of drug-likeness (QED) is 0.668. The number of aromatic nitrogens is 4. The first-order valence-corrected chi connectivity index (χ1v) is 9.30. The molecule has 1 aromatic heterocycles. The van der Waals surface area contributed by atoms with Gasteiger partial charge in [0.05, 0.1) is 21.6 Å². The number of aryl methyl sites for hydroxylation is 1. The first-order valence-electron chi connectivity index (χ1n) is 8.04. The van der Waals surface area contributed by atoms with Crippen LogP contribution in [-0.4, -0.2) is 31.4 Å². The van der Waals surface area contributed by atoms with Crippen molar-refractivity contribution in [1.82, 2.24) is 20.2 Å². The number of benzene rings is 2. The minimum Gasteiger partial charge on any atom is -0.324 e. The Balaban J connectivity index is 1.78.